The Balaban J connectivity index is 2.14. The van der Waals surface area contributed by atoms with Crippen LogP contribution in [0.2, 0.25) is 0 Å². The van der Waals surface area contributed by atoms with Crippen molar-refractivity contribution in [3.05, 3.63) is 58.1 Å². The van der Waals surface area contributed by atoms with Gasteiger partial charge in [-0.2, -0.15) is 5.26 Å². The summed E-state index contributed by atoms with van der Waals surface area (Å²) in [5.41, 5.74) is 1.10. The van der Waals surface area contributed by atoms with Crippen molar-refractivity contribution in [2.45, 2.75) is 19.4 Å². The van der Waals surface area contributed by atoms with Crippen LogP contribution in [0.15, 0.2) is 47.5 Å². The first-order valence-corrected chi connectivity index (χ1v) is 7.49. The first-order chi connectivity index (χ1) is 10.2. The molecule has 0 fully saturated rings. The molecule has 1 atom stereocenters. The Labute approximate surface area is 127 Å². The van der Waals surface area contributed by atoms with Crippen LogP contribution in [0.1, 0.15) is 30.0 Å². The molecule has 106 valence electrons. The van der Waals surface area contributed by atoms with Gasteiger partial charge in [0.05, 0.1) is 6.04 Å². The Morgan fingerprint density at radius 3 is 2.81 bits per heavy atom. The van der Waals surface area contributed by atoms with E-state index in [2.05, 4.69) is 10.3 Å². The van der Waals surface area contributed by atoms with Crippen LogP contribution in [-0.2, 0) is 4.79 Å². The summed E-state index contributed by atoms with van der Waals surface area (Å²) in [4.78, 5) is 16.3. The molecule has 1 heterocycles. The molecule has 2 rings (SSSR count). The maximum Gasteiger partial charge on any atom is 0.262 e. The molecule has 2 aromatic rings. The van der Waals surface area contributed by atoms with Crippen molar-refractivity contribution in [1.82, 2.24) is 10.3 Å². The predicted molar refractivity (Wildman–Crippen MR) is 83.3 cm³/mol. The van der Waals surface area contributed by atoms with Gasteiger partial charge < -0.3 is 5.32 Å². The van der Waals surface area contributed by atoms with E-state index in [0.717, 1.165) is 12.0 Å². The zero-order valence-corrected chi connectivity index (χ0v) is 12.4. The molecule has 1 aromatic carbocycles. The number of carbonyl (C=O) groups is 1. The molecule has 0 spiro atoms. The highest BCUT2D eigenvalue weighted by molar-refractivity contribution is 7.10. The number of carbonyl (C=O) groups excluding carboxylic acids is 1. The van der Waals surface area contributed by atoms with E-state index < -0.39 is 0 Å². The van der Waals surface area contributed by atoms with Crippen molar-refractivity contribution in [2.24, 2.45) is 0 Å². The van der Waals surface area contributed by atoms with Gasteiger partial charge in [0, 0.05) is 11.6 Å². The second-order valence-electron chi connectivity index (χ2n) is 4.39. The van der Waals surface area contributed by atoms with Crippen LogP contribution in [0, 0.1) is 11.3 Å². The molecule has 5 heteroatoms. The Bertz CT molecular complexity index is 657. The second kappa shape index (κ2) is 7.36. The fourth-order valence-corrected chi connectivity index (χ4v) is 2.49. The van der Waals surface area contributed by atoms with Gasteiger partial charge in [-0.3, -0.25) is 4.79 Å². The molecule has 0 aliphatic rings. The van der Waals surface area contributed by atoms with Crippen LogP contribution in [0.3, 0.4) is 0 Å². The molecule has 0 aliphatic carbocycles. The number of aromatic nitrogens is 1. The van der Waals surface area contributed by atoms with Crippen LogP contribution in [0.5, 0.6) is 0 Å². The van der Waals surface area contributed by atoms with Crippen molar-refractivity contribution >= 4 is 23.3 Å². The summed E-state index contributed by atoms with van der Waals surface area (Å²) in [6.07, 6.45) is 3.91. The number of amides is 1. The summed E-state index contributed by atoms with van der Waals surface area (Å²) in [5.74, 6) is -0.372. The van der Waals surface area contributed by atoms with Crippen molar-refractivity contribution < 1.29 is 4.79 Å². The van der Waals surface area contributed by atoms with Crippen LogP contribution in [0.4, 0.5) is 0 Å². The summed E-state index contributed by atoms with van der Waals surface area (Å²) >= 11 is 1.39. The normalized spacial score (nSPS) is 12.5. The Morgan fingerprint density at radius 1 is 1.48 bits per heavy atom. The van der Waals surface area contributed by atoms with E-state index in [4.69, 9.17) is 5.26 Å². The van der Waals surface area contributed by atoms with Crippen molar-refractivity contribution in [3.63, 3.8) is 0 Å². The molecule has 0 bridgehead atoms. The molecule has 4 nitrogen and oxygen atoms in total. The smallest absolute Gasteiger partial charge is 0.262 e. The van der Waals surface area contributed by atoms with Gasteiger partial charge in [0.2, 0.25) is 0 Å². The number of rotatable bonds is 5. The van der Waals surface area contributed by atoms with Gasteiger partial charge >= 0.3 is 0 Å². The molecule has 1 N–H and O–H groups in total. The molecule has 0 saturated heterocycles. The minimum absolute atomic E-state index is 0.0688. The average molecular weight is 297 g/mol. The molecular weight excluding hydrogens is 282 g/mol. The van der Waals surface area contributed by atoms with E-state index in [0.29, 0.717) is 5.01 Å². The van der Waals surface area contributed by atoms with Crippen LogP contribution >= 0.6 is 11.3 Å². The van der Waals surface area contributed by atoms with E-state index in [1.807, 2.05) is 43.3 Å². The standard InChI is InChI=1S/C16H15N3OS/c1-2-14(12-6-4-3-5-7-12)19-16(20)13(11-17)10-15-18-8-9-21-15/h3-10,14H,2H2,1H3,(H,19,20). The second-order valence-corrected chi connectivity index (χ2v) is 5.31. The van der Waals surface area contributed by atoms with Gasteiger partial charge in [-0.1, -0.05) is 37.3 Å². The lowest BCUT2D eigenvalue weighted by Crippen LogP contribution is -2.29. The largest absolute Gasteiger partial charge is 0.345 e. The summed E-state index contributed by atoms with van der Waals surface area (Å²) in [5, 5.41) is 14.5. The summed E-state index contributed by atoms with van der Waals surface area (Å²) < 4.78 is 0. The fraction of sp³-hybridized carbons (Fsp3) is 0.188. The van der Waals surface area contributed by atoms with E-state index in [-0.39, 0.29) is 17.5 Å². The lowest BCUT2D eigenvalue weighted by molar-refractivity contribution is -0.117. The molecular formula is C16H15N3OS. The highest BCUT2D eigenvalue weighted by Gasteiger charge is 2.16. The van der Waals surface area contributed by atoms with Crippen molar-refractivity contribution in [3.8, 4) is 6.07 Å². The Hall–Kier alpha value is -2.45. The fourth-order valence-electron chi connectivity index (χ4n) is 1.92. The van der Waals surface area contributed by atoms with Crippen molar-refractivity contribution in [2.75, 3.05) is 0 Å². The van der Waals surface area contributed by atoms with Gasteiger partial charge in [0.1, 0.15) is 16.6 Å². The third-order valence-electron chi connectivity index (χ3n) is 3.00. The summed E-state index contributed by atoms with van der Waals surface area (Å²) in [6, 6.07) is 11.6. The van der Waals surface area contributed by atoms with Gasteiger partial charge in [0.25, 0.3) is 5.91 Å². The summed E-state index contributed by atoms with van der Waals surface area (Å²) in [6.45, 7) is 1.99. The molecule has 0 saturated carbocycles. The van der Waals surface area contributed by atoms with Gasteiger partial charge in [0.15, 0.2) is 0 Å². The third-order valence-corrected chi connectivity index (χ3v) is 3.72. The molecule has 1 unspecified atom stereocenters. The lowest BCUT2D eigenvalue weighted by atomic mass is 10.0. The van der Waals surface area contributed by atoms with E-state index in [1.165, 1.54) is 17.4 Å². The first kappa shape index (κ1) is 14.9. The number of nitrogens with one attached hydrogen (secondary N) is 1. The predicted octanol–water partition coefficient (Wildman–Crippen LogP) is 3.32. The number of hydrogen-bond donors (Lipinski definition) is 1. The number of nitriles is 1. The van der Waals surface area contributed by atoms with Gasteiger partial charge in [-0.15, -0.1) is 11.3 Å². The zero-order chi connectivity index (χ0) is 15.1. The van der Waals surface area contributed by atoms with E-state index in [9.17, 15) is 4.79 Å². The topological polar surface area (TPSA) is 65.8 Å². The van der Waals surface area contributed by atoms with Gasteiger partial charge in [-0.05, 0) is 18.1 Å². The van der Waals surface area contributed by atoms with Crippen LogP contribution < -0.4 is 5.32 Å². The summed E-state index contributed by atoms with van der Waals surface area (Å²) in [7, 11) is 0. The minimum atomic E-state index is -0.372. The average Bonchev–Trinajstić information content (AvgIpc) is 3.04. The quantitative estimate of drug-likeness (QED) is 0.680. The Morgan fingerprint density at radius 2 is 2.24 bits per heavy atom. The molecule has 0 aliphatic heterocycles. The number of hydrogen-bond acceptors (Lipinski definition) is 4. The first-order valence-electron chi connectivity index (χ1n) is 6.61. The molecule has 1 aromatic heterocycles. The van der Waals surface area contributed by atoms with Crippen molar-refractivity contribution in [1.29, 1.82) is 5.26 Å². The maximum atomic E-state index is 12.2. The molecule has 21 heavy (non-hydrogen) atoms. The van der Waals surface area contributed by atoms with E-state index >= 15 is 0 Å². The van der Waals surface area contributed by atoms with E-state index in [1.54, 1.807) is 11.6 Å². The minimum Gasteiger partial charge on any atom is -0.345 e. The SMILES string of the molecule is CCC(NC(=O)C(C#N)=Cc1nccs1)c1ccccc1. The van der Waals surface area contributed by atoms with Gasteiger partial charge in [-0.25, -0.2) is 4.98 Å². The van der Waals surface area contributed by atoms with Crippen LogP contribution in [-0.4, -0.2) is 10.9 Å². The van der Waals surface area contributed by atoms with Crippen LogP contribution in [0.25, 0.3) is 6.08 Å². The maximum absolute atomic E-state index is 12.2. The zero-order valence-electron chi connectivity index (χ0n) is 11.6. The lowest BCUT2D eigenvalue weighted by Gasteiger charge is -2.17. The monoisotopic (exact) mass is 297 g/mol. The third kappa shape index (κ3) is 4.01. The highest BCUT2D eigenvalue weighted by atomic mass is 32.1. The number of thiazole rings is 1. The highest BCUT2D eigenvalue weighted by Crippen LogP contribution is 2.17. The number of nitrogens with zero attached hydrogens (tertiary/aromatic N) is 2. The number of benzene rings is 1. The Kier molecular flexibility index (Phi) is 5.24. The molecule has 0 radical (unpaired) electrons. The molecule has 1 amide bonds.